The second-order valence-electron chi connectivity index (χ2n) is 15.4. The Balaban J connectivity index is 0.0000240. The summed E-state index contributed by atoms with van der Waals surface area (Å²) in [6.45, 7) is 14.2. The number of phosphoric ester groups is 1. The molecule has 1 atom stereocenters. The van der Waals surface area contributed by atoms with E-state index in [-0.39, 0.29) is 42.2 Å². The van der Waals surface area contributed by atoms with Crippen molar-refractivity contribution in [2.24, 2.45) is 5.41 Å². The van der Waals surface area contributed by atoms with Crippen molar-refractivity contribution in [2.75, 3.05) is 54.1 Å². The molecule has 0 aromatic carbocycles. The lowest BCUT2D eigenvalue weighted by Gasteiger charge is -2.32. The summed E-state index contributed by atoms with van der Waals surface area (Å²) in [6, 6.07) is 0. The molecular formula is C41H73BrNO6P. The number of nitrogens with zero attached hydrogens (tertiary/aromatic N) is 1. The average molecular weight is 787 g/mol. The van der Waals surface area contributed by atoms with Gasteiger partial charge >= 0.3 is 13.8 Å². The zero-order valence-electron chi connectivity index (χ0n) is 33.3. The number of unbranched alkanes of at least 4 members (excludes halogenated alkanes) is 11. The molecule has 290 valence electrons. The first-order valence-corrected chi connectivity index (χ1v) is 20.6. The molecule has 0 bridgehead atoms. The molecule has 1 aliphatic carbocycles. The summed E-state index contributed by atoms with van der Waals surface area (Å²) >= 11 is 0. The molecule has 1 unspecified atom stereocenters. The van der Waals surface area contributed by atoms with Crippen LogP contribution in [0.5, 0.6) is 0 Å². The molecule has 9 heteroatoms. The zero-order valence-corrected chi connectivity index (χ0v) is 35.8. The molecule has 1 rings (SSSR count). The topological polar surface area (TPSA) is 71.1 Å². The van der Waals surface area contributed by atoms with Crippen molar-refractivity contribution >= 4 is 13.8 Å². The summed E-state index contributed by atoms with van der Waals surface area (Å²) in [5.74, 6) is -0.480. The lowest BCUT2D eigenvalue weighted by molar-refractivity contribution is -0.870. The maximum atomic E-state index is 13.3. The van der Waals surface area contributed by atoms with Gasteiger partial charge in [-0.1, -0.05) is 133 Å². The van der Waals surface area contributed by atoms with E-state index in [1.807, 2.05) is 46.3 Å². The summed E-state index contributed by atoms with van der Waals surface area (Å²) in [4.78, 5) is 12.4. The number of halogens is 1. The highest BCUT2D eigenvalue weighted by Crippen LogP contribution is 2.49. The zero-order chi connectivity index (χ0) is 36.6. The predicted octanol–water partition coefficient (Wildman–Crippen LogP) is 8.63. The van der Waals surface area contributed by atoms with Gasteiger partial charge in [0.25, 0.3) is 0 Å². The second-order valence-corrected chi connectivity index (χ2v) is 17.1. The number of carbonyl (C=O) groups is 1. The highest BCUT2D eigenvalue weighted by Gasteiger charge is 2.28. The molecule has 0 saturated carbocycles. The molecule has 0 aliphatic heterocycles. The minimum Gasteiger partial charge on any atom is -1.00 e. The number of allylic oxidation sites excluding steroid dienone is 9. The van der Waals surface area contributed by atoms with E-state index < -0.39 is 13.8 Å². The molecule has 50 heavy (non-hydrogen) atoms. The van der Waals surface area contributed by atoms with Crippen molar-refractivity contribution in [3.8, 4) is 0 Å². The Morgan fingerprint density at radius 2 is 1.36 bits per heavy atom. The monoisotopic (exact) mass is 785 g/mol. The average Bonchev–Trinajstić information content (AvgIpc) is 3.00. The Morgan fingerprint density at radius 1 is 0.800 bits per heavy atom. The smallest absolute Gasteiger partial charge is 0.475 e. The van der Waals surface area contributed by atoms with Crippen LogP contribution in [0.1, 0.15) is 138 Å². The van der Waals surface area contributed by atoms with Gasteiger partial charge in [0.1, 0.15) is 19.8 Å². The predicted molar refractivity (Wildman–Crippen MR) is 207 cm³/mol. The van der Waals surface area contributed by atoms with E-state index in [4.69, 9.17) is 18.3 Å². The van der Waals surface area contributed by atoms with Crippen LogP contribution in [-0.4, -0.2) is 64.6 Å². The van der Waals surface area contributed by atoms with E-state index in [0.717, 1.165) is 30.4 Å². The maximum absolute atomic E-state index is 13.3. The third-order valence-corrected chi connectivity index (χ3v) is 10.5. The van der Waals surface area contributed by atoms with Crippen LogP contribution in [0.4, 0.5) is 0 Å². The standard InChI is InChI=1S/C41H73NO6P.BrH/c1-10-11-12-13-14-15-16-17-18-19-20-21-31-46-49(44,47-32-30-42(7,8)9)48-34-33-45-40(43)35-37(3)25-22-24-36(2)27-28-39-38(4)26-23-29-41(39,5)6;/h22,24-25,27-28,35H,10-21,23,26,29-34H2,1-9H3;1H/q+1;/p-1/b25-22+,28-27+,36-24+,37-35+;. The lowest BCUT2D eigenvalue weighted by Crippen LogP contribution is -3.00. The van der Waals surface area contributed by atoms with Crippen molar-refractivity contribution in [3.05, 3.63) is 58.7 Å². The highest BCUT2D eigenvalue weighted by molar-refractivity contribution is 7.48. The van der Waals surface area contributed by atoms with E-state index in [9.17, 15) is 9.36 Å². The Bertz CT molecular complexity index is 1150. The van der Waals surface area contributed by atoms with Crippen LogP contribution in [0.15, 0.2) is 58.7 Å². The largest absolute Gasteiger partial charge is 1.00 e. The second kappa shape index (κ2) is 27.3. The van der Waals surface area contributed by atoms with Crippen molar-refractivity contribution in [2.45, 2.75) is 138 Å². The molecule has 0 radical (unpaired) electrons. The first-order valence-electron chi connectivity index (χ1n) is 19.1. The lowest BCUT2D eigenvalue weighted by atomic mass is 9.72. The van der Waals surface area contributed by atoms with Crippen molar-refractivity contribution in [1.29, 1.82) is 0 Å². The van der Waals surface area contributed by atoms with Gasteiger partial charge in [-0.15, -0.1) is 0 Å². The van der Waals surface area contributed by atoms with Gasteiger partial charge in [0.2, 0.25) is 0 Å². The Hall–Kier alpha value is -1.28. The number of rotatable bonds is 27. The van der Waals surface area contributed by atoms with Crippen LogP contribution in [0.25, 0.3) is 0 Å². The fourth-order valence-corrected chi connectivity index (χ4v) is 7.04. The van der Waals surface area contributed by atoms with Gasteiger partial charge in [-0.25, -0.2) is 9.36 Å². The molecule has 1 aliphatic rings. The molecule has 0 aromatic rings. The van der Waals surface area contributed by atoms with Gasteiger partial charge in [0.15, 0.2) is 0 Å². The minimum absolute atomic E-state index is 0. The van der Waals surface area contributed by atoms with Crippen molar-refractivity contribution in [1.82, 2.24) is 0 Å². The number of carbonyl (C=O) groups excluding carboxylic acids is 1. The fraction of sp³-hybridized carbons (Fsp3) is 0.732. The fourth-order valence-electron chi connectivity index (χ4n) is 5.86. The van der Waals surface area contributed by atoms with Gasteiger partial charge in [-0.3, -0.25) is 13.6 Å². The summed E-state index contributed by atoms with van der Waals surface area (Å²) < 4.78 is 36.2. The van der Waals surface area contributed by atoms with Crippen LogP contribution < -0.4 is 17.0 Å². The highest BCUT2D eigenvalue weighted by atomic mass is 79.9. The van der Waals surface area contributed by atoms with E-state index in [0.29, 0.717) is 17.6 Å². The molecule has 0 spiro atoms. The van der Waals surface area contributed by atoms with Crippen LogP contribution in [0.3, 0.4) is 0 Å². The van der Waals surface area contributed by atoms with Crippen LogP contribution in [-0.2, 0) is 27.7 Å². The summed E-state index contributed by atoms with van der Waals surface area (Å²) in [5.41, 5.74) is 5.05. The number of esters is 1. The van der Waals surface area contributed by atoms with Crippen LogP contribution in [0.2, 0.25) is 0 Å². The van der Waals surface area contributed by atoms with E-state index >= 15 is 0 Å². The minimum atomic E-state index is -3.77. The molecule has 7 nitrogen and oxygen atoms in total. The van der Waals surface area contributed by atoms with Crippen molar-refractivity contribution < 1.29 is 49.1 Å². The number of ether oxygens (including phenoxy) is 1. The van der Waals surface area contributed by atoms with Gasteiger partial charge in [0, 0.05) is 6.08 Å². The number of hydrogen-bond donors (Lipinski definition) is 0. The molecular weight excluding hydrogens is 713 g/mol. The van der Waals surface area contributed by atoms with E-state index in [2.05, 4.69) is 46.8 Å². The first kappa shape index (κ1) is 48.7. The normalized spacial score (nSPS) is 17.0. The number of hydrogen-bond acceptors (Lipinski definition) is 6. The molecule has 0 fully saturated rings. The Kier molecular flexibility index (Phi) is 26.6. The first-order chi connectivity index (χ1) is 23.2. The van der Waals surface area contributed by atoms with Gasteiger partial charge < -0.3 is 26.2 Å². The molecule has 0 N–H and O–H groups in total. The van der Waals surface area contributed by atoms with E-state index in [1.165, 1.54) is 94.3 Å². The molecule has 0 amide bonds. The SMILES string of the molecule is CCCCCCCCCCCCCCOP(=O)(OCCOC(=O)/C=C(C)/C=C/C=C(C)/C=C/C1=C(C)CCCC1(C)C)OCC[N+](C)(C)C.[Br-]. The summed E-state index contributed by atoms with van der Waals surface area (Å²) in [6.07, 6.45) is 30.3. The molecule has 0 aromatic heterocycles. The molecule has 0 saturated heterocycles. The van der Waals surface area contributed by atoms with Gasteiger partial charge in [-0.2, -0.15) is 0 Å². The third kappa shape index (κ3) is 24.8. The van der Waals surface area contributed by atoms with Gasteiger partial charge in [0.05, 0.1) is 34.4 Å². The summed E-state index contributed by atoms with van der Waals surface area (Å²) in [7, 11) is 2.35. The Labute approximate surface area is 318 Å². The van der Waals surface area contributed by atoms with Crippen molar-refractivity contribution in [3.63, 3.8) is 0 Å². The summed E-state index contributed by atoms with van der Waals surface area (Å²) in [5, 5.41) is 0. The Morgan fingerprint density at radius 3 is 1.94 bits per heavy atom. The number of phosphoric acid groups is 1. The molecule has 0 heterocycles. The van der Waals surface area contributed by atoms with E-state index in [1.54, 1.807) is 0 Å². The third-order valence-electron chi connectivity index (χ3n) is 8.95. The van der Waals surface area contributed by atoms with Crippen LogP contribution >= 0.6 is 7.82 Å². The maximum Gasteiger partial charge on any atom is 0.475 e. The van der Waals surface area contributed by atoms with Gasteiger partial charge in [-0.05, 0) is 63.0 Å². The number of likely N-dealkylation sites (N-methyl/N-ethyl adjacent to an activating group) is 1. The number of quaternary nitrogens is 1. The quantitative estimate of drug-likeness (QED) is 0.0208. The van der Waals surface area contributed by atoms with Crippen LogP contribution in [0, 0.1) is 5.41 Å².